The van der Waals surface area contributed by atoms with E-state index in [9.17, 15) is 14.0 Å². The number of amides is 2. The van der Waals surface area contributed by atoms with Crippen molar-refractivity contribution in [2.24, 2.45) is 5.92 Å². The third-order valence-electron chi connectivity index (χ3n) is 6.83. The molecule has 1 N–H and O–H groups in total. The fourth-order valence-corrected chi connectivity index (χ4v) is 5.18. The number of rotatable bonds is 4. The largest absolute Gasteiger partial charge is 0.451 e. The van der Waals surface area contributed by atoms with Crippen LogP contribution < -0.4 is 5.32 Å². The van der Waals surface area contributed by atoms with E-state index in [4.69, 9.17) is 4.42 Å². The maximum Gasteiger partial charge on any atom is 0.289 e. The van der Waals surface area contributed by atoms with Gasteiger partial charge >= 0.3 is 0 Å². The Labute approximate surface area is 192 Å². The van der Waals surface area contributed by atoms with Crippen LogP contribution in [-0.4, -0.2) is 29.3 Å². The Bertz CT molecular complexity index is 1150. The summed E-state index contributed by atoms with van der Waals surface area (Å²) in [7, 11) is 0. The second-order valence-corrected chi connectivity index (χ2v) is 8.96. The summed E-state index contributed by atoms with van der Waals surface area (Å²) in [6, 6.07) is 16.5. The molecule has 33 heavy (non-hydrogen) atoms. The summed E-state index contributed by atoms with van der Waals surface area (Å²) < 4.78 is 19.1. The van der Waals surface area contributed by atoms with Crippen LogP contribution >= 0.6 is 0 Å². The molecule has 0 bridgehead atoms. The van der Waals surface area contributed by atoms with Crippen LogP contribution in [0.25, 0.3) is 11.3 Å². The van der Waals surface area contributed by atoms with Crippen molar-refractivity contribution < 1.29 is 18.4 Å². The summed E-state index contributed by atoms with van der Waals surface area (Å²) >= 11 is 0. The number of nitrogens with one attached hydrogen (secondary N) is 1. The molecule has 1 aromatic heterocycles. The molecular formula is C27H27FN2O3. The van der Waals surface area contributed by atoms with E-state index in [0.29, 0.717) is 34.7 Å². The molecule has 1 saturated carbocycles. The second kappa shape index (κ2) is 9.22. The van der Waals surface area contributed by atoms with E-state index in [1.54, 1.807) is 24.3 Å². The Kier molecular flexibility index (Phi) is 5.99. The third kappa shape index (κ3) is 4.56. The molecule has 170 valence electrons. The minimum absolute atomic E-state index is 0.0291. The van der Waals surface area contributed by atoms with Crippen molar-refractivity contribution in [3.05, 3.63) is 77.8 Å². The molecule has 6 heteroatoms. The lowest BCUT2D eigenvalue weighted by Gasteiger charge is -2.43. The summed E-state index contributed by atoms with van der Waals surface area (Å²) in [5.41, 5.74) is 1.72. The molecule has 2 amide bonds. The van der Waals surface area contributed by atoms with E-state index < -0.39 is 0 Å². The molecule has 0 spiro atoms. The second-order valence-electron chi connectivity index (χ2n) is 8.96. The van der Waals surface area contributed by atoms with Crippen LogP contribution in [0.15, 0.2) is 65.1 Å². The molecule has 1 aliphatic heterocycles. The number of piperidine rings is 1. The van der Waals surface area contributed by atoms with Crippen molar-refractivity contribution in [3.63, 3.8) is 0 Å². The summed E-state index contributed by atoms with van der Waals surface area (Å²) in [4.78, 5) is 27.7. The van der Waals surface area contributed by atoms with Gasteiger partial charge in [0.2, 0.25) is 0 Å². The van der Waals surface area contributed by atoms with Gasteiger partial charge in [-0.15, -0.1) is 0 Å². The van der Waals surface area contributed by atoms with Gasteiger partial charge in [0, 0.05) is 29.4 Å². The highest BCUT2D eigenvalue weighted by molar-refractivity contribution is 6.04. The van der Waals surface area contributed by atoms with E-state index in [1.807, 2.05) is 17.0 Å². The van der Waals surface area contributed by atoms with Gasteiger partial charge in [-0.25, -0.2) is 4.39 Å². The zero-order valence-corrected chi connectivity index (χ0v) is 18.4. The topological polar surface area (TPSA) is 62.6 Å². The lowest BCUT2D eigenvalue weighted by atomic mass is 9.78. The summed E-state index contributed by atoms with van der Waals surface area (Å²) in [6.07, 6.45) is 7.02. The highest BCUT2D eigenvalue weighted by atomic mass is 19.1. The van der Waals surface area contributed by atoms with Gasteiger partial charge in [-0.3, -0.25) is 9.59 Å². The van der Waals surface area contributed by atoms with E-state index in [1.165, 1.54) is 49.9 Å². The van der Waals surface area contributed by atoms with Crippen molar-refractivity contribution in [2.75, 3.05) is 11.9 Å². The Morgan fingerprint density at radius 2 is 1.73 bits per heavy atom. The average molecular weight is 447 g/mol. The van der Waals surface area contributed by atoms with E-state index in [0.717, 1.165) is 24.9 Å². The van der Waals surface area contributed by atoms with Gasteiger partial charge in [0.15, 0.2) is 5.76 Å². The van der Waals surface area contributed by atoms with Crippen LogP contribution in [0.1, 0.15) is 59.4 Å². The number of halogens is 1. The number of hydrogen-bond acceptors (Lipinski definition) is 3. The summed E-state index contributed by atoms with van der Waals surface area (Å²) in [6.45, 7) is 0.793. The van der Waals surface area contributed by atoms with Crippen LogP contribution in [-0.2, 0) is 0 Å². The molecule has 5 nitrogen and oxygen atoms in total. The molecule has 5 rings (SSSR count). The van der Waals surface area contributed by atoms with Gasteiger partial charge in [-0.05, 0) is 80.1 Å². The van der Waals surface area contributed by atoms with Crippen molar-refractivity contribution in [3.8, 4) is 11.3 Å². The minimum Gasteiger partial charge on any atom is -0.451 e. The zero-order valence-electron chi connectivity index (χ0n) is 18.4. The standard InChI is InChI=1S/C27H27FN2O3/c28-21-12-10-19(11-13-21)26(31)29-22-8-3-6-20(17-22)24-14-15-25(33-24)27(32)30-16-4-7-18-5-1-2-9-23(18)30/h3,6,8,10-15,17-18,23H,1-2,4-5,7,9,16H2,(H,29,31)/t18-,23-/m0/s1. The van der Waals surface area contributed by atoms with Gasteiger partial charge in [-0.1, -0.05) is 25.0 Å². The number of furan rings is 1. The molecule has 0 radical (unpaired) electrons. The van der Waals surface area contributed by atoms with Gasteiger partial charge < -0.3 is 14.6 Å². The average Bonchev–Trinajstić information content (AvgIpc) is 3.34. The molecule has 2 aromatic carbocycles. The summed E-state index contributed by atoms with van der Waals surface area (Å²) in [5, 5.41) is 2.82. The SMILES string of the molecule is O=C(Nc1cccc(-c2ccc(C(=O)N3CCC[C@@H]4CCCC[C@@H]43)o2)c1)c1ccc(F)cc1. The minimum atomic E-state index is -0.389. The molecule has 0 unspecified atom stereocenters. The van der Waals surface area contributed by atoms with Crippen molar-refractivity contribution in [1.82, 2.24) is 4.90 Å². The van der Waals surface area contributed by atoms with E-state index >= 15 is 0 Å². The molecule has 2 heterocycles. The lowest BCUT2D eigenvalue weighted by Crippen LogP contribution is -2.49. The quantitative estimate of drug-likeness (QED) is 0.524. The predicted molar refractivity (Wildman–Crippen MR) is 125 cm³/mol. The zero-order chi connectivity index (χ0) is 22.8. The highest BCUT2D eigenvalue weighted by Gasteiger charge is 2.36. The van der Waals surface area contributed by atoms with Crippen LogP contribution in [0.4, 0.5) is 10.1 Å². The van der Waals surface area contributed by atoms with Gasteiger partial charge in [0.05, 0.1) is 0 Å². The normalized spacial score (nSPS) is 20.2. The van der Waals surface area contributed by atoms with Crippen LogP contribution in [0.3, 0.4) is 0 Å². The molecule has 2 atom stereocenters. The monoisotopic (exact) mass is 446 g/mol. The van der Waals surface area contributed by atoms with Crippen LogP contribution in [0.5, 0.6) is 0 Å². The molecule has 3 aromatic rings. The van der Waals surface area contributed by atoms with Crippen molar-refractivity contribution in [2.45, 2.75) is 44.6 Å². The number of carbonyl (C=O) groups is 2. The van der Waals surface area contributed by atoms with Crippen LogP contribution in [0, 0.1) is 11.7 Å². The molecular weight excluding hydrogens is 419 g/mol. The van der Waals surface area contributed by atoms with Crippen molar-refractivity contribution in [1.29, 1.82) is 0 Å². The summed E-state index contributed by atoms with van der Waals surface area (Å²) in [5.74, 6) is 0.811. The first-order chi connectivity index (χ1) is 16.1. The van der Waals surface area contributed by atoms with Crippen molar-refractivity contribution >= 4 is 17.5 Å². The highest BCUT2D eigenvalue weighted by Crippen LogP contribution is 2.36. The maximum absolute atomic E-state index is 13.2. The third-order valence-corrected chi connectivity index (χ3v) is 6.83. The molecule has 1 saturated heterocycles. The number of likely N-dealkylation sites (tertiary alicyclic amines) is 1. The predicted octanol–water partition coefficient (Wildman–Crippen LogP) is 6.13. The number of hydrogen-bond donors (Lipinski definition) is 1. The lowest BCUT2D eigenvalue weighted by molar-refractivity contribution is 0.0363. The van der Waals surface area contributed by atoms with Gasteiger partial charge in [0.1, 0.15) is 11.6 Å². The fraction of sp³-hybridized carbons (Fsp3) is 0.333. The van der Waals surface area contributed by atoms with E-state index in [-0.39, 0.29) is 17.6 Å². The fourth-order valence-electron chi connectivity index (χ4n) is 5.18. The Morgan fingerprint density at radius 3 is 2.58 bits per heavy atom. The maximum atomic E-state index is 13.2. The molecule has 1 aliphatic carbocycles. The number of carbonyl (C=O) groups excluding carboxylic acids is 2. The number of fused-ring (bicyclic) bond motifs is 1. The first-order valence-electron chi connectivity index (χ1n) is 11.7. The number of benzene rings is 2. The Morgan fingerprint density at radius 1 is 0.939 bits per heavy atom. The van der Waals surface area contributed by atoms with E-state index in [2.05, 4.69) is 5.32 Å². The number of anilines is 1. The van der Waals surface area contributed by atoms with Gasteiger partial charge in [-0.2, -0.15) is 0 Å². The molecule has 2 fully saturated rings. The van der Waals surface area contributed by atoms with Gasteiger partial charge in [0.25, 0.3) is 11.8 Å². The smallest absolute Gasteiger partial charge is 0.289 e. The Hall–Kier alpha value is -3.41. The molecule has 2 aliphatic rings. The first-order valence-corrected chi connectivity index (χ1v) is 11.7. The van der Waals surface area contributed by atoms with Crippen LogP contribution in [0.2, 0.25) is 0 Å². The Balaban J connectivity index is 1.31. The first kappa shape index (κ1) is 21.4. The number of nitrogens with zero attached hydrogens (tertiary/aromatic N) is 1.